The molecule has 0 aromatic rings. The van der Waals surface area contributed by atoms with Gasteiger partial charge in [-0.05, 0) is 35.5 Å². The Morgan fingerprint density at radius 3 is 1.94 bits per heavy atom. The summed E-state index contributed by atoms with van der Waals surface area (Å²) < 4.78 is 0. The summed E-state index contributed by atoms with van der Waals surface area (Å²) in [4.78, 5) is 11.7. The van der Waals surface area contributed by atoms with Crippen LogP contribution in [0.4, 0.5) is 0 Å². The van der Waals surface area contributed by atoms with E-state index in [1.54, 1.807) is 0 Å². The molecular weight excluding hydrogens is 214 g/mol. The molecule has 0 radical (unpaired) electrons. The largest absolute Gasteiger partial charge is 0.264 e. The summed E-state index contributed by atoms with van der Waals surface area (Å²) in [6.07, 6.45) is 7.26. The first-order valence-corrected chi connectivity index (χ1v) is 6.89. The lowest BCUT2D eigenvalue weighted by atomic mass is 9.38. The van der Waals surface area contributed by atoms with E-state index >= 15 is 0 Å². The van der Waals surface area contributed by atoms with Crippen molar-refractivity contribution < 1.29 is 4.92 Å². The molecule has 0 N–H and O–H groups in total. The molecule has 0 saturated heterocycles. The Kier molecular flexibility index (Phi) is 1.93. The number of nitro groups is 1. The summed E-state index contributed by atoms with van der Waals surface area (Å²) in [6, 6.07) is 0. The lowest BCUT2D eigenvalue weighted by Gasteiger charge is -2.66. The van der Waals surface area contributed by atoms with E-state index in [0.717, 1.165) is 25.7 Å². The van der Waals surface area contributed by atoms with Gasteiger partial charge in [-0.15, -0.1) is 0 Å². The van der Waals surface area contributed by atoms with Crippen LogP contribution in [0, 0.1) is 26.4 Å². The maximum atomic E-state index is 11.6. The maximum absolute atomic E-state index is 11.6. The third-order valence-electron chi connectivity index (χ3n) is 5.81. The summed E-state index contributed by atoms with van der Waals surface area (Å²) in [5, 5.41) is 11.6. The van der Waals surface area contributed by atoms with Crippen LogP contribution in [0.5, 0.6) is 0 Å². The van der Waals surface area contributed by atoms with Crippen LogP contribution < -0.4 is 0 Å². The van der Waals surface area contributed by atoms with Crippen LogP contribution in [0.15, 0.2) is 0 Å². The first kappa shape index (κ1) is 11.5. The van der Waals surface area contributed by atoms with Gasteiger partial charge in [-0.1, -0.05) is 27.2 Å². The van der Waals surface area contributed by atoms with Crippen molar-refractivity contribution in [2.45, 2.75) is 71.3 Å². The predicted molar refractivity (Wildman–Crippen MR) is 66.4 cm³/mol. The van der Waals surface area contributed by atoms with Crippen LogP contribution in [-0.4, -0.2) is 10.5 Å². The molecule has 4 rings (SSSR count). The molecule has 96 valence electrons. The third kappa shape index (κ3) is 1.40. The van der Waals surface area contributed by atoms with Crippen molar-refractivity contribution in [2.24, 2.45) is 16.2 Å². The summed E-state index contributed by atoms with van der Waals surface area (Å²) in [7, 11) is 0. The zero-order valence-electron chi connectivity index (χ0n) is 11.2. The molecule has 0 amide bonds. The minimum Gasteiger partial charge on any atom is -0.264 e. The SMILES string of the molecule is CCC12CC3(C)CC(C)(C1)CC([N+](=O)[O-])(C3)C2. The molecule has 0 aromatic carbocycles. The smallest absolute Gasteiger partial charge is 0.223 e. The van der Waals surface area contributed by atoms with Gasteiger partial charge in [0.25, 0.3) is 0 Å². The molecule has 4 aliphatic carbocycles. The molecule has 17 heavy (non-hydrogen) atoms. The summed E-state index contributed by atoms with van der Waals surface area (Å²) in [5.41, 5.74) is 0.138. The molecule has 3 nitrogen and oxygen atoms in total. The molecular formula is C14H23NO2. The summed E-state index contributed by atoms with van der Waals surface area (Å²) in [5.74, 6) is 0. The van der Waals surface area contributed by atoms with Crippen molar-refractivity contribution in [3.63, 3.8) is 0 Å². The minimum absolute atomic E-state index is 0.0748. The van der Waals surface area contributed by atoms with Gasteiger partial charge in [0, 0.05) is 24.2 Å². The monoisotopic (exact) mass is 237 g/mol. The summed E-state index contributed by atoms with van der Waals surface area (Å²) >= 11 is 0. The first-order valence-electron chi connectivity index (χ1n) is 6.89. The Hall–Kier alpha value is -0.600. The Morgan fingerprint density at radius 2 is 1.53 bits per heavy atom. The van der Waals surface area contributed by atoms with E-state index in [-0.39, 0.29) is 21.2 Å². The van der Waals surface area contributed by atoms with Crippen LogP contribution >= 0.6 is 0 Å². The molecule has 0 aromatic heterocycles. The summed E-state index contributed by atoms with van der Waals surface area (Å²) in [6.45, 7) is 6.82. The van der Waals surface area contributed by atoms with Gasteiger partial charge >= 0.3 is 0 Å². The van der Waals surface area contributed by atoms with E-state index in [4.69, 9.17) is 0 Å². The standard InChI is InChI=1S/C14H23NO2/c1-4-13-6-11(2)5-12(3,7-13)9-14(8-11,10-13)15(16)17/h4-10H2,1-3H3. The highest BCUT2D eigenvalue weighted by atomic mass is 16.6. The van der Waals surface area contributed by atoms with Gasteiger partial charge in [0.15, 0.2) is 0 Å². The topological polar surface area (TPSA) is 43.1 Å². The Bertz CT molecular complexity index is 372. The highest BCUT2D eigenvalue weighted by Gasteiger charge is 2.70. The molecule has 0 aliphatic heterocycles. The molecule has 2 atom stereocenters. The molecule has 0 spiro atoms. The Labute approximate surface area is 103 Å². The number of nitrogens with zero attached hydrogens (tertiary/aromatic N) is 1. The predicted octanol–water partition coefficient (Wildman–Crippen LogP) is 3.79. The van der Waals surface area contributed by atoms with Gasteiger partial charge < -0.3 is 0 Å². The van der Waals surface area contributed by atoms with Crippen LogP contribution in [-0.2, 0) is 0 Å². The minimum atomic E-state index is -0.589. The molecule has 0 heterocycles. The second-order valence-electron chi connectivity index (χ2n) is 8.02. The van der Waals surface area contributed by atoms with Crippen molar-refractivity contribution >= 4 is 0 Å². The fourth-order valence-electron chi connectivity index (χ4n) is 6.45. The highest BCUT2D eigenvalue weighted by molar-refractivity contribution is 5.15. The number of hydrogen-bond acceptors (Lipinski definition) is 2. The normalized spacial score (nSPS) is 56.2. The average Bonchev–Trinajstić information content (AvgIpc) is 2.11. The Morgan fingerprint density at radius 1 is 1.00 bits per heavy atom. The van der Waals surface area contributed by atoms with Gasteiger partial charge in [-0.2, -0.15) is 0 Å². The number of rotatable bonds is 2. The van der Waals surface area contributed by atoms with Crippen molar-refractivity contribution in [3.05, 3.63) is 10.1 Å². The molecule has 4 aliphatic rings. The van der Waals surface area contributed by atoms with Crippen LogP contribution in [0.25, 0.3) is 0 Å². The molecule has 4 saturated carbocycles. The fraction of sp³-hybridized carbons (Fsp3) is 1.00. The van der Waals surface area contributed by atoms with E-state index in [1.807, 2.05) is 0 Å². The zero-order chi connectivity index (χ0) is 12.5. The molecule has 4 bridgehead atoms. The highest BCUT2D eigenvalue weighted by Crippen LogP contribution is 2.72. The van der Waals surface area contributed by atoms with E-state index in [0.29, 0.717) is 0 Å². The lowest BCUT2D eigenvalue weighted by molar-refractivity contribution is -0.598. The van der Waals surface area contributed by atoms with Crippen LogP contribution in [0.3, 0.4) is 0 Å². The van der Waals surface area contributed by atoms with E-state index in [1.165, 1.54) is 19.3 Å². The second kappa shape index (κ2) is 2.86. The van der Waals surface area contributed by atoms with Crippen molar-refractivity contribution in [1.29, 1.82) is 0 Å². The van der Waals surface area contributed by atoms with E-state index in [9.17, 15) is 10.1 Å². The van der Waals surface area contributed by atoms with Crippen LogP contribution in [0.2, 0.25) is 0 Å². The van der Waals surface area contributed by atoms with E-state index < -0.39 is 5.54 Å². The van der Waals surface area contributed by atoms with Crippen molar-refractivity contribution in [1.82, 2.24) is 0 Å². The van der Waals surface area contributed by atoms with Crippen molar-refractivity contribution in [3.8, 4) is 0 Å². The first-order chi connectivity index (χ1) is 7.75. The molecule has 4 fully saturated rings. The zero-order valence-corrected chi connectivity index (χ0v) is 11.2. The Balaban J connectivity index is 2.10. The molecule has 3 heteroatoms. The third-order valence-corrected chi connectivity index (χ3v) is 5.81. The van der Waals surface area contributed by atoms with Gasteiger partial charge in [0.05, 0.1) is 0 Å². The quantitative estimate of drug-likeness (QED) is 0.541. The fourth-order valence-corrected chi connectivity index (χ4v) is 6.45. The van der Waals surface area contributed by atoms with Crippen LogP contribution in [0.1, 0.15) is 65.7 Å². The van der Waals surface area contributed by atoms with Gasteiger partial charge in [0.2, 0.25) is 5.54 Å². The molecule has 2 unspecified atom stereocenters. The number of hydrogen-bond donors (Lipinski definition) is 0. The second-order valence-corrected chi connectivity index (χ2v) is 8.02. The lowest BCUT2D eigenvalue weighted by Crippen LogP contribution is -2.65. The van der Waals surface area contributed by atoms with Gasteiger partial charge in [-0.25, -0.2) is 0 Å². The van der Waals surface area contributed by atoms with Gasteiger partial charge in [0.1, 0.15) is 0 Å². The average molecular weight is 237 g/mol. The van der Waals surface area contributed by atoms with Gasteiger partial charge in [-0.3, -0.25) is 10.1 Å². The maximum Gasteiger partial charge on any atom is 0.223 e. The van der Waals surface area contributed by atoms with E-state index in [2.05, 4.69) is 20.8 Å². The van der Waals surface area contributed by atoms with Crippen molar-refractivity contribution in [2.75, 3.05) is 0 Å².